The molecule has 0 aromatic carbocycles. The molecular formula is C24H56O2Si3. The summed E-state index contributed by atoms with van der Waals surface area (Å²) in [7, 11) is -5.05. The molecule has 0 N–H and O–H groups in total. The van der Waals surface area contributed by atoms with Crippen LogP contribution in [0.1, 0.15) is 103 Å². The van der Waals surface area contributed by atoms with Crippen molar-refractivity contribution in [2.45, 2.75) is 155 Å². The summed E-state index contributed by atoms with van der Waals surface area (Å²) >= 11 is 0. The van der Waals surface area contributed by atoms with E-state index in [0.717, 1.165) is 0 Å². The van der Waals surface area contributed by atoms with Crippen molar-refractivity contribution in [1.29, 1.82) is 0 Å². The largest absolute Gasteiger partial charge is 0.437 e. The van der Waals surface area contributed by atoms with Crippen molar-refractivity contribution in [3.63, 3.8) is 0 Å². The van der Waals surface area contributed by atoms with Gasteiger partial charge in [-0.25, -0.2) is 0 Å². The van der Waals surface area contributed by atoms with Crippen LogP contribution in [0.15, 0.2) is 0 Å². The van der Waals surface area contributed by atoms with E-state index in [2.05, 4.69) is 52.8 Å². The van der Waals surface area contributed by atoms with Crippen molar-refractivity contribution in [2.75, 3.05) is 0 Å². The SMILES string of the molecule is CCCCCCCCCCCCCCCCC[Si](C)(C)O[Si](C)(C)O[Si](C)(C)C. The van der Waals surface area contributed by atoms with Gasteiger partial charge in [0, 0.05) is 0 Å². The molecular weight excluding hydrogens is 405 g/mol. The van der Waals surface area contributed by atoms with Crippen molar-refractivity contribution < 1.29 is 8.23 Å². The predicted octanol–water partition coefficient (Wildman–Crippen LogP) is 9.63. The van der Waals surface area contributed by atoms with E-state index < -0.39 is 25.2 Å². The molecule has 0 fully saturated rings. The van der Waals surface area contributed by atoms with E-state index in [-0.39, 0.29) is 0 Å². The van der Waals surface area contributed by atoms with Gasteiger partial charge in [-0.3, -0.25) is 0 Å². The Kier molecular flexibility index (Phi) is 16.6. The van der Waals surface area contributed by atoms with Crippen molar-refractivity contribution in [2.24, 2.45) is 0 Å². The van der Waals surface area contributed by atoms with E-state index >= 15 is 0 Å². The van der Waals surface area contributed by atoms with Gasteiger partial charge >= 0.3 is 8.56 Å². The fourth-order valence-corrected chi connectivity index (χ4v) is 17.7. The van der Waals surface area contributed by atoms with Gasteiger partial charge in [-0.05, 0) is 51.9 Å². The van der Waals surface area contributed by atoms with Crippen LogP contribution in [0.5, 0.6) is 0 Å². The lowest BCUT2D eigenvalue weighted by Crippen LogP contribution is -2.51. The minimum Gasteiger partial charge on any atom is -0.437 e. The van der Waals surface area contributed by atoms with E-state index in [0.29, 0.717) is 0 Å². The molecule has 0 aliphatic heterocycles. The summed E-state index contributed by atoms with van der Waals surface area (Å²) in [6.45, 7) is 18.4. The highest BCUT2D eigenvalue weighted by molar-refractivity contribution is 6.87. The van der Waals surface area contributed by atoms with Crippen LogP contribution in [-0.2, 0) is 8.23 Å². The van der Waals surface area contributed by atoms with Crippen LogP contribution >= 0.6 is 0 Å². The minimum atomic E-state index is -1.96. The summed E-state index contributed by atoms with van der Waals surface area (Å²) in [5.74, 6) is 0. The van der Waals surface area contributed by atoms with Crippen LogP contribution in [0.4, 0.5) is 0 Å². The first-order chi connectivity index (χ1) is 13.5. The van der Waals surface area contributed by atoms with Gasteiger partial charge in [0.1, 0.15) is 0 Å². The lowest BCUT2D eigenvalue weighted by atomic mass is 10.0. The molecule has 176 valence electrons. The van der Waals surface area contributed by atoms with Crippen LogP contribution in [-0.4, -0.2) is 25.2 Å². The van der Waals surface area contributed by atoms with Crippen LogP contribution in [0.3, 0.4) is 0 Å². The maximum absolute atomic E-state index is 6.61. The third-order valence-corrected chi connectivity index (χ3v) is 15.6. The van der Waals surface area contributed by atoms with Crippen LogP contribution < -0.4 is 0 Å². The predicted molar refractivity (Wildman–Crippen MR) is 140 cm³/mol. The molecule has 0 aromatic rings. The molecule has 0 aliphatic rings. The summed E-state index contributed by atoms with van der Waals surface area (Å²) < 4.78 is 13.0. The minimum absolute atomic E-state index is 1.29. The Morgan fingerprint density at radius 2 is 0.793 bits per heavy atom. The van der Waals surface area contributed by atoms with Crippen LogP contribution in [0.2, 0.25) is 51.9 Å². The van der Waals surface area contributed by atoms with Gasteiger partial charge in [-0.15, -0.1) is 0 Å². The molecule has 0 atom stereocenters. The first kappa shape index (κ1) is 29.6. The maximum atomic E-state index is 6.61. The van der Waals surface area contributed by atoms with Crippen molar-refractivity contribution in [3.05, 3.63) is 0 Å². The molecule has 0 saturated heterocycles. The van der Waals surface area contributed by atoms with Crippen LogP contribution in [0, 0.1) is 0 Å². The molecule has 0 radical (unpaired) electrons. The molecule has 0 heterocycles. The van der Waals surface area contributed by atoms with Gasteiger partial charge in [0.2, 0.25) is 0 Å². The molecule has 0 unspecified atom stereocenters. The lowest BCUT2D eigenvalue weighted by molar-refractivity contribution is 0.390. The zero-order chi connectivity index (χ0) is 22.2. The molecule has 0 aromatic heterocycles. The summed E-state index contributed by atoms with van der Waals surface area (Å²) in [5.41, 5.74) is 0. The van der Waals surface area contributed by atoms with Crippen molar-refractivity contribution >= 4 is 25.2 Å². The van der Waals surface area contributed by atoms with Gasteiger partial charge in [-0.2, -0.15) is 0 Å². The third-order valence-electron chi connectivity index (χ3n) is 5.46. The first-order valence-corrected chi connectivity index (χ1v) is 22.2. The van der Waals surface area contributed by atoms with Crippen molar-refractivity contribution in [3.8, 4) is 0 Å². The van der Waals surface area contributed by atoms with E-state index in [9.17, 15) is 0 Å². The molecule has 0 rings (SSSR count). The smallest absolute Gasteiger partial charge is 0.311 e. The molecule has 0 spiro atoms. The Morgan fingerprint density at radius 3 is 1.14 bits per heavy atom. The average molecular weight is 461 g/mol. The standard InChI is InChI=1S/C24H56O2Si3/c1-9-10-11-12-13-14-15-16-17-18-19-20-21-22-23-24-28(5,6)26-29(7,8)25-27(2,3)4/h9-24H2,1-8H3. The Hall–Kier alpha value is 0.571. The second-order valence-corrected chi connectivity index (χ2v) is 23.9. The van der Waals surface area contributed by atoms with E-state index in [1.807, 2.05) is 0 Å². The zero-order valence-electron chi connectivity index (χ0n) is 21.6. The molecule has 0 saturated carbocycles. The second-order valence-electron chi connectivity index (χ2n) is 11.2. The van der Waals surface area contributed by atoms with Gasteiger partial charge < -0.3 is 8.23 Å². The molecule has 5 heteroatoms. The van der Waals surface area contributed by atoms with E-state index in [1.165, 1.54) is 102 Å². The third kappa shape index (κ3) is 21.6. The van der Waals surface area contributed by atoms with Crippen LogP contribution in [0.25, 0.3) is 0 Å². The molecule has 2 nitrogen and oxygen atoms in total. The average Bonchev–Trinajstić information content (AvgIpc) is 2.55. The zero-order valence-corrected chi connectivity index (χ0v) is 24.6. The summed E-state index contributed by atoms with van der Waals surface area (Å²) in [4.78, 5) is 0. The topological polar surface area (TPSA) is 18.5 Å². The number of rotatable bonds is 20. The Labute approximate surface area is 188 Å². The molecule has 0 aliphatic carbocycles. The lowest BCUT2D eigenvalue weighted by Gasteiger charge is -2.37. The number of hydrogen-bond acceptors (Lipinski definition) is 2. The Morgan fingerprint density at radius 1 is 0.448 bits per heavy atom. The normalized spacial score (nSPS) is 13.2. The molecule has 29 heavy (non-hydrogen) atoms. The van der Waals surface area contributed by atoms with E-state index in [1.54, 1.807) is 0 Å². The van der Waals surface area contributed by atoms with E-state index in [4.69, 9.17) is 8.23 Å². The van der Waals surface area contributed by atoms with Gasteiger partial charge in [0.25, 0.3) is 0 Å². The fourth-order valence-electron chi connectivity index (χ4n) is 4.40. The Balaban J connectivity index is 3.55. The molecule has 0 amide bonds. The highest BCUT2D eigenvalue weighted by Gasteiger charge is 2.37. The highest BCUT2D eigenvalue weighted by Crippen LogP contribution is 2.25. The fraction of sp³-hybridized carbons (Fsp3) is 1.00. The highest BCUT2D eigenvalue weighted by atomic mass is 28.5. The maximum Gasteiger partial charge on any atom is 0.311 e. The quantitative estimate of drug-likeness (QED) is 0.133. The monoisotopic (exact) mass is 460 g/mol. The van der Waals surface area contributed by atoms with Gasteiger partial charge in [0.05, 0.1) is 0 Å². The summed E-state index contributed by atoms with van der Waals surface area (Å²) in [5, 5.41) is 0. The molecule has 0 bridgehead atoms. The second kappa shape index (κ2) is 16.2. The van der Waals surface area contributed by atoms with Gasteiger partial charge in [-0.1, -0.05) is 103 Å². The number of unbranched alkanes of at least 4 members (excludes halogenated alkanes) is 14. The first-order valence-electron chi connectivity index (χ1n) is 12.9. The van der Waals surface area contributed by atoms with Gasteiger partial charge in [0.15, 0.2) is 16.6 Å². The summed E-state index contributed by atoms with van der Waals surface area (Å²) in [6, 6.07) is 1.29. The summed E-state index contributed by atoms with van der Waals surface area (Å²) in [6.07, 6.45) is 21.5. The Bertz CT molecular complexity index is 379. The van der Waals surface area contributed by atoms with Crippen molar-refractivity contribution in [1.82, 2.24) is 0 Å². The number of hydrogen-bond donors (Lipinski definition) is 0.